The second kappa shape index (κ2) is 10.4. The molecule has 168 valence electrons. The van der Waals surface area contributed by atoms with Gasteiger partial charge in [-0.3, -0.25) is 4.79 Å². The number of nitrogens with one attached hydrogen (secondary N) is 1. The standard InChI is InChI=1S/C26H21Cl3N2O2/c1-16-8-9-21(29)13-22(16)26(33-15-32)23(11-17-4-2-6-19(27)10-17)25-24(30-14-31-25)18-5-3-7-20(28)12-18/h2-10,12-15,23,26H,11H2,1H3,(H,30,31). The molecule has 0 aliphatic carbocycles. The van der Waals surface area contributed by atoms with Gasteiger partial charge >= 0.3 is 0 Å². The largest absolute Gasteiger partial charge is 0.459 e. The van der Waals surface area contributed by atoms with Crippen LogP contribution in [0.3, 0.4) is 0 Å². The molecule has 4 nitrogen and oxygen atoms in total. The predicted octanol–water partition coefficient (Wildman–Crippen LogP) is 7.59. The summed E-state index contributed by atoms with van der Waals surface area (Å²) in [5.74, 6) is -0.303. The number of imidazole rings is 1. The predicted molar refractivity (Wildman–Crippen MR) is 133 cm³/mol. The first-order valence-electron chi connectivity index (χ1n) is 10.3. The zero-order chi connectivity index (χ0) is 23.4. The molecule has 2 atom stereocenters. The topological polar surface area (TPSA) is 55.0 Å². The highest BCUT2D eigenvalue weighted by Gasteiger charge is 2.32. The number of hydrogen-bond donors (Lipinski definition) is 1. The van der Waals surface area contributed by atoms with Gasteiger partial charge in [-0.2, -0.15) is 0 Å². The molecular formula is C26H21Cl3N2O2. The number of H-pyrrole nitrogens is 1. The first-order valence-corrected chi connectivity index (χ1v) is 11.5. The quantitative estimate of drug-likeness (QED) is 0.254. The van der Waals surface area contributed by atoms with Gasteiger partial charge in [-0.15, -0.1) is 0 Å². The van der Waals surface area contributed by atoms with E-state index < -0.39 is 6.10 Å². The van der Waals surface area contributed by atoms with Gasteiger partial charge in [0.15, 0.2) is 0 Å². The maximum Gasteiger partial charge on any atom is 0.293 e. The highest BCUT2D eigenvalue weighted by molar-refractivity contribution is 6.31. The summed E-state index contributed by atoms with van der Waals surface area (Å²) in [7, 11) is 0. The molecular weight excluding hydrogens is 479 g/mol. The van der Waals surface area contributed by atoms with E-state index in [-0.39, 0.29) is 5.92 Å². The molecule has 1 N–H and O–H groups in total. The Hall–Kier alpha value is -2.79. The van der Waals surface area contributed by atoms with Gasteiger partial charge < -0.3 is 9.72 Å². The molecule has 7 heteroatoms. The van der Waals surface area contributed by atoms with E-state index in [2.05, 4.69) is 9.97 Å². The maximum atomic E-state index is 11.6. The van der Waals surface area contributed by atoms with Crippen LogP contribution in [0.25, 0.3) is 11.3 Å². The van der Waals surface area contributed by atoms with Gasteiger partial charge in [0.25, 0.3) is 6.47 Å². The minimum atomic E-state index is -0.612. The van der Waals surface area contributed by atoms with Crippen LogP contribution >= 0.6 is 34.8 Å². The van der Waals surface area contributed by atoms with Crippen molar-refractivity contribution in [3.63, 3.8) is 0 Å². The summed E-state index contributed by atoms with van der Waals surface area (Å²) in [6.45, 7) is 2.44. The molecule has 0 aliphatic rings. The van der Waals surface area contributed by atoms with Crippen LogP contribution in [0, 0.1) is 6.92 Å². The monoisotopic (exact) mass is 498 g/mol. The van der Waals surface area contributed by atoms with E-state index in [0.717, 1.165) is 33.6 Å². The van der Waals surface area contributed by atoms with Crippen molar-refractivity contribution >= 4 is 41.3 Å². The first-order chi connectivity index (χ1) is 16.0. The van der Waals surface area contributed by atoms with Crippen LogP contribution < -0.4 is 0 Å². The lowest BCUT2D eigenvalue weighted by atomic mass is 9.84. The molecule has 0 amide bonds. The van der Waals surface area contributed by atoms with E-state index in [4.69, 9.17) is 39.5 Å². The second-order valence-electron chi connectivity index (χ2n) is 7.77. The van der Waals surface area contributed by atoms with Crippen LogP contribution in [0.5, 0.6) is 0 Å². The molecule has 0 radical (unpaired) electrons. The lowest BCUT2D eigenvalue weighted by Crippen LogP contribution is -2.19. The van der Waals surface area contributed by atoms with Crippen LogP contribution in [0.15, 0.2) is 73.1 Å². The van der Waals surface area contributed by atoms with E-state index in [1.54, 1.807) is 6.33 Å². The molecule has 4 aromatic rings. The highest BCUT2D eigenvalue weighted by atomic mass is 35.5. The number of benzene rings is 3. The molecule has 0 aliphatic heterocycles. The SMILES string of the molecule is Cc1ccc(Cl)cc1C(OC=O)C(Cc1cccc(Cl)c1)c1[nH]cnc1-c1cccc(Cl)c1. The zero-order valence-electron chi connectivity index (χ0n) is 17.8. The van der Waals surface area contributed by atoms with Crippen molar-refractivity contribution in [2.24, 2.45) is 0 Å². The Morgan fingerprint density at radius 2 is 1.70 bits per heavy atom. The number of carbonyl (C=O) groups is 1. The number of carbonyl (C=O) groups excluding carboxylic acids is 1. The van der Waals surface area contributed by atoms with Crippen LogP contribution in [0.4, 0.5) is 0 Å². The van der Waals surface area contributed by atoms with Crippen LogP contribution in [-0.2, 0) is 16.0 Å². The molecule has 4 rings (SSSR count). The molecule has 0 saturated heterocycles. The Balaban J connectivity index is 1.88. The Kier molecular flexibility index (Phi) is 7.39. The molecule has 0 spiro atoms. The smallest absolute Gasteiger partial charge is 0.293 e. The third-order valence-corrected chi connectivity index (χ3v) is 6.30. The third-order valence-electron chi connectivity index (χ3n) is 5.60. The normalized spacial score (nSPS) is 12.8. The van der Waals surface area contributed by atoms with Gasteiger partial charge in [0.1, 0.15) is 6.10 Å². The van der Waals surface area contributed by atoms with E-state index in [1.165, 1.54) is 0 Å². The molecule has 33 heavy (non-hydrogen) atoms. The lowest BCUT2D eigenvalue weighted by molar-refractivity contribution is -0.135. The number of aromatic nitrogens is 2. The number of hydrogen-bond acceptors (Lipinski definition) is 3. The van der Waals surface area contributed by atoms with Gasteiger partial charge in [0.2, 0.25) is 0 Å². The molecule has 0 bridgehead atoms. The fourth-order valence-corrected chi connectivity index (χ4v) is 4.68. The van der Waals surface area contributed by atoms with Crippen molar-refractivity contribution in [2.45, 2.75) is 25.4 Å². The molecule has 1 heterocycles. The lowest BCUT2D eigenvalue weighted by Gasteiger charge is -2.28. The molecule has 3 aromatic carbocycles. The van der Waals surface area contributed by atoms with Crippen molar-refractivity contribution in [2.75, 3.05) is 0 Å². The first kappa shape index (κ1) is 23.4. The van der Waals surface area contributed by atoms with Crippen molar-refractivity contribution in [1.29, 1.82) is 0 Å². The number of rotatable bonds is 8. The van der Waals surface area contributed by atoms with Crippen molar-refractivity contribution in [3.8, 4) is 11.3 Å². The Morgan fingerprint density at radius 1 is 0.970 bits per heavy atom. The summed E-state index contributed by atoms with van der Waals surface area (Å²) in [6, 6.07) is 20.7. The van der Waals surface area contributed by atoms with Gasteiger partial charge in [-0.05, 0) is 66.4 Å². The fourth-order valence-electron chi connectivity index (χ4n) is 4.09. The maximum absolute atomic E-state index is 11.6. The van der Waals surface area contributed by atoms with Gasteiger partial charge in [-0.25, -0.2) is 4.98 Å². The highest BCUT2D eigenvalue weighted by Crippen LogP contribution is 2.41. The van der Waals surface area contributed by atoms with Crippen molar-refractivity contribution in [1.82, 2.24) is 9.97 Å². The Morgan fingerprint density at radius 3 is 2.42 bits per heavy atom. The number of nitrogens with zero attached hydrogens (tertiary/aromatic N) is 1. The van der Waals surface area contributed by atoms with Crippen molar-refractivity contribution < 1.29 is 9.53 Å². The number of ether oxygens (including phenoxy) is 1. The van der Waals surface area contributed by atoms with Crippen molar-refractivity contribution in [3.05, 3.63) is 111 Å². The number of aryl methyl sites for hydroxylation is 1. The average molecular weight is 500 g/mol. The minimum absolute atomic E-state index is 0.303. The number of aromatic amines is 1. The average Bonchev–Trinajstić information content (AvgIpc) is 3.28. The van der Waals surface area contributed by atoms with Gasteiger partial charge in [0.05, 0.1) is 17.7 Å². The zero-order valence-corrected chi connectivity index (χ0v) is 20.0. The Bertz CT molecular complexity index is 1270. The summed E-state index contributed by atoms with van der Waals surface area (Å²) in [6.07, 6.45) is 1.57. The van der Waals surface area contributed by atoms with Crippen LogP contribution in [0.2, 0.25) is 15.1 Å². The minimum Gasteiger partial charge on any atom is -0.459 e. The van der Waals surface area contributed by atoms with Crippen LogP contribution in [0.1, 0.15) is 34.4 Å². The number of halogens is 3. The summed E-state index contributed by atoms with van der Waals surface area (Å²) in [5.41, 5.74) is 5.22. The molecule has 1 aromatic heterocycles. The fraction of sp³-hybridized carbons (Fsp3) is 0.154. The van der Waals surface area contributed by atoms with Gasteiger partial charge in [0, 0.05) is 26.5 Å². The summed E-state index contributed by atoms with van der Waals surface area (Å²) < 4.78 is 5.72. The molecule has 0 saturated carbocycles. The van der Waals surface area contributed by atoms with Crippen LogP contribution in [-0.4, -0.2) is 16.4 Å². The van der Waals surface area contributed by atoms with E-state index in [1.807, 2.05) is 73.7 Å². The summed E-state index contributed by atoms with van der Waals surface area (Å²) in [5, 5.41) is 1.81. The molecule has 2 unspecified atom stereocenters. The summed E-state index contributed by atoms with van der Waals surface area (Å²) >= 11 is 18.8. The van der Waals surface area contributed by atoms with E-state index in [0.29, 0.717) is 28.0 Å². The Labute approximate surface area is 207 Å². The second-order valence-corrected chi connectivity index (χ2v) is 9.08. The van der Waals surface area contributed by atoms with Gasteiger partial charge in [-0.1, -0.05) is 65.1 Å². The summed E-state index contributed by atoms with van der Waals surface area (Å²) in [4.78, 5) is 19.5. The third kappa shape index (κ3) is 5.41. The molecule has 0 fully saturated rings. The van der Waals surface area contributed by atoms with E-state index >= 15 is 0 Å². The van der Waals surface area contributed by atoms with E-state index in [9.17, 15) is 4.79 Å².